The molecule has 0 radical (unpaired) electrons. The van der Waals surface area contributed by atoms with Gasteiger partial charge in [0.2, 0.25) is 5.91 Å². The highest BCUT2D eigenvalue weighted by molar-refractivity contribution is 4.85. The van der Waals surface area contributed by atoms with Crippen molar-refractivity contribution in [1.82, 2.24) is 4.90 Å². The zero-order chi connectivity index (χ0) is 7.90. The van der Waals surface area contributed by atoms with Crippen LogP contribution in [0.1, 0.15) is 20.3 Å². The van der Waals surface area contributed by atoms with E-state index in [-0.39, 0.29) is 5.91 Å². The first-order valence-corrected chi connectivity index (χ1v) is 4.33. The fourth-order valence-electron chi connectivity index (χ4n) is 1.99. The van der Waals surface area contributed by atoms with Crippen LogP contribution in [0.15, 0.2) is 0 Å². The third-order valence-corrected chi connectivity index (χ3v) is 2.48. The number of hydrogen-bond acceptors (Lipinski definition) is 3. The van der Waals surface area contributed by atoms with E-state index >= 15 is 0 Å². The molecule has 0 unspecified atom stereocenters. The molecule has 0 spiro atoms. The van der Waals surface area contributed by atoms with Gasteiger partial charge in [0, 0.05) is 19.5 Å². The molecular weight excluding hydrogens is 142 g/mol. The molecule has 2 saturated heterocycles. The van der Waals surface area contributed by atoms with E-state index in [9.17, 15) is 0 Å². The molecule has 3 nitrogen and oxygen atoms in total. The van der Waals surface area contributed by atoms with E-state index < -0.39 is 0 Å². The smallest absolute Gasteiger partial charge is 0.230 e. The highest BCUT2D eigenvalue weighted by atomic mass is 16.7. The predicted octanol–water partition coefficient (Wildman–Crippen LogP) is 0.801. The summed E-state index contributed by atoms with van der Waals surface area (Å²) in [4.78, 5) is 2.29. The van der Waals surface area contributed by atoms with Crippen LogP contribution >= 0.6 is 0 Å². The fraction of sp³-hybridized carbons (Fsp3) is 1.00. The number of ether oxygens (including phenoxy) is 2. The van der Waals surface area contributed by atoms with Crippen molar-refractivity contribution < 1.29 is 9.47 Å². The second-order valence-corrected chi connectivity index (χ2v) is 3.29. The van der Waals surface area contributed by atoms with Crippen LogP contribution in [0.25, 0.3) is 0 Å². The van der Waals surface area contributed by atoms with Gasteiger partial charge in [0.05, 0.1) is 12.7 Å². The van der Waals surface area contributed by atoms with Crippen molar-refractivity contribution in [2.45, 2.75) is 32.3 Å². The van der Waals surface area contributed by atoms with E-state index in [1.54, 1.807) is 0 Å². The summed E-state index contributed by atoms with van der Waals surface area (Å²) in [5.74, 6) is -0.348. The molecule has 0 aromatic rings. The average Bonchev–Trinajstić information content (AvgIpc) is 2.43. The minimum absolute atomic E-state index is 0.329. The van der Waals surface area contributed by atoms with Crippen LogP contribution < -0.4 is 0 Å². The summed E-state index contributed by atoms with van der Waals surface area (Å²) in [7, 11) is 0. The van der Waals surface area contributed by atoms with E-state index in [0.717, 1.165) is 26.1 Å². The van der Waals surface area contributed by atoms with Gasteiger partial charge in [0.1, 0.15) is 0 Å². The van der Waals surface area contributed by atoms with Crippen molar-refractivity contribution in [1.29, 1.82) is 0 Å². The average molecular weight is 157 g/mol. The standard InChI is InChI=1S/C8H15NO2/c1-3-8-9(4-5-10-8)6-7(2)11-8/h7H,3-6H2,1-2H3/t7-,8+/m1/s1. The lowest BCUT2D eigenvalue weighted by atomic mass is 10.3. The van der Waals surface area contributed by atoms with Crippen LogP contribution in [0.4, 0.5) is 0 Å². The van der Waals surface area contributed by atoms with Gasteiger partial charge in [0.25, 0.3) is 0 Å². The quantitative estimate of drug-likeness (QED) is 0.562. The minimum atomic E-state index is -0.348. The molecule has 2 atom stereocenters. The molecular formula is C8H15NO2. The molecule has 2 aliphatic rings. The Labute approximate surface area is 67.3 Å². The Morgan fingerprint density at radius 2 is 2.45 bits per heavy atom. The number of hydrogen-bond donors (Lipinski definition) is 0. The number of fused-ring (bicyclic) bond motifs is 1. The molecule has 2 fully saturated rings. The third-order valence-electron chi connectivity index (χ3n) is 2.48. The third kappa shape index (κ3) is 0.991. The summed E-state index contributed by atoms with van der Waals surface area (Å²) in [6, 6.07) is 0. The van der Waals surface area contributed by atoms with Crippen LogP contribution in [0.5, 0.6) is 0 Å². The normalized spacial score (nSPS) is 44.7. The van der Waals surface area contributed by atoms with E-state index in [2.05, 4.69) is 18.7 Å². The van der Waals surface area contributed by atoms with E-state index in [1.165, 1.54) is 0 Å². The van der Waals surface area contributed by atoms with Crippen molar-refractivity contribution >= 4 is 0 Å². The van der Waals surface area contributed by atoms with E-state index in [0.29, 0.717) is 6.10 Å². The lowest BCUT2D eigenvalue weighted by Gasteiger charge is -2.27. The van der Waals surface area contributed by atoms with Gasteiger partial charge in [-0.3, -0.25) is 0 Å². The molecule has 0 bridgehead atoms. The number of rotatable bonds is 1. The molecule has 2 rings (SSSR count). The first kappa shape index (κ1) is 7.53. The van der Waals surface area contributed by atoms with Crippen molar-refractivity contribution in [3.05, 3.63) is 0 Å². The summed E-state index contributed by atoms with van der Waals surface area (Å²) in [5.41, 5.74) is 0. The van der Waals surface area contributed by atoms with Gasteiger partial charge in [0.15, 0.2) is 0 Å². The first-order chi connectivity index (χ1) is 5.27. The van der Waals surface area contributed by atoms with Gasteiger partial charge in [-0.2, -0.15) is 0 Å². The van der Waals surface area contributed by atoms with Crippen LogP contribution in [0, 0.1) is 0 Å². The molecule has 2 aliphatic heterocycles. The van der Waals surface area contributed by atoms with Crippen LogP contribution in [-0.2, 0) is 9.47 Å². The van der Waals surface area contributed by atoms with Gasteiger partial charge in [-0.25, -0.2) is 4.90 Å². The van der Waals surface area contributed by atoms with E-state index in [4.69, 9.17) is 9.47 Å². The summed E-state index contributed by atoms with van der Waals surface area (Å²) in [6.07, 6.45) is 1.26. The molecule has 0 aromatic carbocycles. The first-order valence-electron chi connectivity index (χ1n) is 4.33. The lowest BCUT2D eigenvalue weighted by Crippen LogP contribution is -2.39. The topological polar surface area (TPSA) is 21.7 Å². The second kappa shape index (κ2) is 2.44. The van der Waals surface area contributed by atoms with Gasteiger partial charge >= 0.3 is 0 Å². The predicted molar refractivity (Wildman–Crippen MR) is 41.1 cm³/mol. The Hall–Kier alpha value is -0.120. The van der Waals surface area contributed by atoms with Gasteiger partial charge in [-0.15, -0.1) is 0 Å². The highest BCUT2D eigenvalue weighted by Crippen LogP contribution is 2.34. The Balaban J connectivity index is 2.15. The zero-order valence-corrected chi connectivity index (χ0v) is 7.17. The Morgan fingerprint density at radius 1 is 1.64 bits per heavy atom. The zero-order valence-electron chi connectivity index (χ0n) is 7.17. The molecule has 0 amide bonds. The van der Waals surface area contributed by atoms with Crippen molar-refractivity contribution in [3.8, 4) is 0 Å². The summed E-state index contributed by atoms with van der Waals surface area (Å²) < 4.78 is 11.3. The maximum atomic E-state index is 5.73. The van der Waals surface area contributed by atoms with Crippen molar-refractivity contribution in [2.75, 3.05) is 19.7 Å². The maximum Gasteiger partial charge on any atom is 0.230 e. The fourth-order valence-corrected chi connectivity index (χ4v) is 1.99. The van der Waals surface area contributed by atoms with Crippen molar-refractivity contribution in [3.63, 3.8) is 0 Å². The Kier molecular flexibility index (Phi) is 1.67. The van der Waals surface area contributed by atoms with E-state index in [1.807, 2.05) is 0 Å². The molecule has 3 heteroatoms. The van der Waals surface area contributed by atoms with Crippen LogP contribution in [0.2, 0.25) is 0 Å². The SMILES string of the molecule is CC[C@@]12OCCN1C[C@@H](C)O2. The Morgan fingerprint density at radius 3 is 3.09 bits per heavy atom. The van der Waals surface area contributed by atoms with Crippen LogP contribution in [-0.4, -0.2) is 36.6 Å². The highest BCUT2D eigenvalue weighted by Gasteiger charge is 2.48. The summed E-state index contributed by atoms with van der Waals surface area (Å²) in [6.45, 7) is 7.07. The number of nitrogens with zero attached hydrogens (tertiary/aromatic N) is 1. The maximum absolute atomic E-state index is 5.73. The largest absolute Gasteiger partial charge is 0.336 e. The minimum Gasteiger partial charge on any atom is -0.336 e. The van der Waals surface area contributed by atoms with Crippen molar-refractivity contribution in [2.24, 2.45) is 0 Å². The summed E-state index contributed by atoms with van der Waals surface area (Å²) in [5, 5.41) is 0. The molecule has 64 valence electrons. The van der Waals surface area contributed by atoms with Gasteiger partial charge in [-0.1, -0.05) is 6.92 Å². The summed E-state index contributed by atoms with van der Waals surface area (Å²) >= 11 is 0. The van der Waals surface area contributed by atoms with Crippen LogP contribution in [0.3, 0.4) is 0 Å². The molecule has 0 saturated carbocycles. The molecule has 0 aromatic heterocycles. The molecule has 0 aliphatic carbocycles. The Bertz CT molecular complexity index is 162. The second-order valence-electron chi connectivity index (χ2n) is 3.29. The molecule has 2 heterocycles. The van der Waals surface area contributed by atoms with Gasteiger partial charge in [-0.05, 0) is 6.92 Å². The lowest BCUT2D eigenvalue weighted by molar-refractivity contribution is -0.243. The van der Waals surface area contributed by atoms with Gasteiger partial charge < -0.3 is 9.47 Å². The molecule has 11 heavy (non-hydrogen) atoms. The monoisotopic (exact) mass is 157 g/mol. The molecule has 0 N–H and O–H groups in total.